The number of carbonyl (C=O) groups is 1. The number of ether oxygens (including phenoxy) is 2. The molecule has 1 N–H and O–H groups in total. The van der Waals surface area contributed by atoms with Crippen molar-refractivity contribution >= 4 is 38.8 Å². The van der Waals surface area contributed by atoms with Gasteiger partial charge in [0.15, 0.2) is 0 Å². The topological polar surface area (TPSA) is 67.9 Å². The van der Waals surface area contributed by atoms with Gasteiger partial charge in [-0.1, -0.05) is 36.7 Å². The number of hydrogen-bond donors (Lipinski definition) is 1. The van der Waals surface area contributed by atoms with E-state index in [1.165, 1.54) is 11.1 Å². The van der Waals surface area contributed by atoms with Gasteiger partial charge in [-0.05, 0) is 117 Å². The zero-order valence-corrected chi connectivity index (χ0v) is 27.4. The number of amides is 1. The third-order valence-corrected chi connectivity index (χ3v) is 13.4. The normalized spacial score (nSPS) is 36.8. The molecule has 43 heavy (non-hydrogen) atoms. The van der Waals surface area contributed by atoms with Gasteiger partial charge in [0, 0.05) is 41.5 Å². The molecule has 1 saturated carbocycles. The first-order valence-electron chi connectivity index (χ1n) is 15.7. The molecular formula is C35H45ClN2O4S. The van der Waals surface area contributed by atoms with E-state index in [4.69, 9.17) is 21.1 Å². The van der Waals surface area contributed by atoms with E-state index in [-0.39, 0.29) is 22.5 Å². The monoisotopic (exact) mass is 624 g/mol. The van der Waals surface area contributed by atoms with Crippen LogP contribution in [0.4, 0.5) is 5.69 Å². The van der Waals surface area contributed by atoms with Crippen molar-refractivity contribution in [3.63, 3.8) is 0 Å². The van der Waals surface area contributed by atoms with E-state index >= 15 is 0 Å². The molecule has 2 aliphatic heterocycles. The second-order valence-electron chi connectivity index (χ2n) is 13.6. The standard InChI is InChI=1S/C35H45ClN2O4S/c1-23-8-6-16-34(3,41-4)29-13-10-27(29)20-38-21-35(17-7-9-25-18-28(36)12-14-30(25)35)22-42-32-15-11-26(19-31(32)38)33(39)37-43(5,40)24(23)2/h6,11-12,14-16,18-19,23-24,27,29H,5,7-10,13,17,20-22H2,1-4H3,(H,37,39,40)/b16-6+/t23-,24+,27-,29+,34+,35-,43?/m0/s1. The predicted octanol–water partition coefficient (Wildman–Crippen LogP) is 6.59. The largest absolute Gasteiger partial charge is 0.490 e. The van der Waals surface area contributed by atoms with Crippen LogP contribution in [0, 0.1) is 17.8 Å². The summed E-state index contributed by atoms with van der Waals surface area (Å²) in [6, 6.07) is 11.9. The lowest BCUT2D eigenvalue weighted by Crippen LogP contribution is -2.52. The molecule has 2 bridgehead atoms. The van der Waals surface area contributed by atoms with E-state index in [0.29, 0.717) is 24.0 Å². The van der Waals surface area contributed by atoms with Crippen molar-refractivity contribution in [2.24, 2.45) is 17.8 Å². The van der Waals surface area contributed by atoms with Crippen LogP contribution in [-0.4, -0.2) is 53.6 Å². The fraction of sp³-hybridized carbons (Fsp3) is 0.543. The van der Waals surface area contributed by atoms with Crippen molar-refractivity contribution in [3.05, 3.63) is 70.3 Å². The van der Waals surface area contributed by atoms with Crippen molar-refractivity contribution in [2.75, 3.05) is 31.7 Å². The summed E-state index contributed by atoms with van der Waals surface area (Å²) in [4.78, 5) is 16.0. The van der Waals surface area contributed by atoms with Crippen molar-refractivity contribution < 1.29 is 18.5 Å². The van der Waals surface area contributed by atoms with Crippen LogP contribution in [0.3, 0.4) is 0 Å². The number of methoxy groups -OCH3 is 1. The van der Waals surface area contributed by atoms with Crippen molar-refractivity contribution in [2.45, 2.75) is 75.6 Å². The Balaban J connectivity index is 1.45. The molecule has 1 amide bonds. The maximum Gasteiger partial charge on any atom is 0.262 e. The Kier molecular flexibility index (Phi) is 8.14. The third kappa shape index (κ3) is 5.62. The number of aryl methyl sites for hydroxylation is 1. The molecular weight excluding hydrogens is 580 g/mol. The second-order valence-corrected chi connectivity index (χ2v) is 16.4. The number of allylic oxidation sites excluding steroid dienone is 1. The van der Waals surface area contributed by atoms with Gasteiger partial charge in [-0.15, -0.1) is 0 Å². The lowest BCUT2D eigenvalue weighted by molar-refractivity contribution is -0.0622. The molecule has 0 radical (unpaired) electrons. The number of rotatable bonds is 1. The summed E-state index contributed by atoms with van der Waals surface area (Å²) in [5.41, 5.74) is 3.40. The van der Waals surface area contributed by atoms with E-state index < -0.39 is 15.3 Å². The van der Waals surface area contributed by atoms with Gasteiger partial charge in [0.1, 0.15) is 5.75 Å². The van der Waals surface area contributed by atoms with Crippen molar-refractivity contribution in [3.8, 4) is 5.75 Å². The van der Waals surface area contributed by atoms with Crippen molar-refractivity contribution in [1.29, 1.82) is 0 Å². The molecule has 232 valence electrons. The molecule has 1 spiro atoms. The number of fused-ring (bicyclic) bond motifs is 4. The van der Waals surface area contributed by atoms with Crippen LogP contribution in [0.15, 0.2) is 48.6 Å². The first-order valence-corrected chi connectivity index (χ1v) is 17.8. The van der Waals surface area contributed by atoms with Gasteiger partial charge >= 0.3 is 0 Å². The summed E-state index contributed by atoms with van der Waals surface area (Å²) >= 11 is 6.43. The molecule has 2 aromatic rings. The number of nitrogens with one attached hydrogen (secondary N) is 1. The van der Waals surface area contributed by atoms with Crippen LogP contribution >= 0.6 is 11.6 Å². The predicted molar refractivity (Wildman–Crippen MR) is 177 cm³/mol. The fourth-order valence-electron chi connectivity index (χ4n) is 7.82. The summed E-state index contributed by atoms with van der Waals surface area (Å²) in [5, 5.41) is 0.462. The molecule has 0 aromatic heterocycles. The van der Waals surface area contributed by atoms with Gasteiger partial charge in [-0.25, -0.2) is 4.21 Å². The third-order valence-electron chi connectivity index (χ3n) is 11.0. The molecule has 1 fully saturated rings. The molecule has 7 atom stereocenters. The summed E-state index contributed by atoms with van der Waals surface area (Å²) in [5.74, 6) is 5.25. The molecule has 1 unspecified atom stereocenters. The van der Waals surface area contributed by atoms with Crippen LogP contribution in [-0.2, 0) is 26.3 Å². The lowest BCUT2D eigenvalue weighted by atomic mass is 9.64. The zero-order valence-electron chi connectivity index (χ0n) is 25.9. The number of nitrogens with zero attached hydrogens (tertiary/aromatic N) is 1. The Labute approximate surface area is 262 Å². The second kappa shape index (κ2) is 11.5. The zero-order chi connectivity index (χ0) is 30.6. The number of hydrogen-bond acceptors (Lipinski definition) is 5. The quantitative estimate of drug-likeness (QED) is 0.286. The molecule has 0 saturated heterocycles. The van der Waals surface area contributed by atoms with Gasteiger partial charge in [0.25, 0.3) is 5.91 Å². The Morgan fingerprint density at radius 2 is 2.00 bits per heavy atom. The maximum atomic E-state index is 13.7. The molecule has 8 heteroatoms. The minimum atomic E-state index is -2.90. The SMILES string of the molecule is C=S1(=O)NC(=O)c2ccc3c(c2)N(C[C@@H]2CC[C@H]2[C@](C)(OC)/C=C/C[C@H](C)[C@H]1C)C[C@@]1(CCCc2cc(Cl)ccc21)CO3. The summed E-state index contributed by atoms with van der Waals surface area (Å²) in [6.07, 6.45) is 10.4. The molecule has 2 heterocycles. The van der Waals surface area contributed by atoms with Gasteiger partial charge < -0.3 is 14.4 Å². The Morgan fingerprint density at radius 1 is 1.19 bits per heavy atom. The average Bonchev–Trinajstić information content (AvgIpc) is 3.11. The van der Waals surface area contributed by atoms with Gasteiger partial charge in [-0.3, -0.25) is 9.52 Å². The van der Waals surface area contributed by atoms with Crippen LogP contribution in [0.2, 0.25) is 5.02 Å². The Bertz CT molecular complexity index is 1540. The highest BCUT2D eigenvalue weighted by Crippen LogP contribution is 2.49. The van der Waals surface area contributed by atoms with Crippen LogP contribution in [0.5, 0.6) is 5.75 Å². The lowest BCUT2D eigenvalue weighted by Gasteiger charge is -2.49. The first-order chi connectivity index (χ1) is 20.4. The Hall–Kier alpha value is -2.48. The molecule has 6 nitrogen and oxygen atoms in total. The van der Waals surface area contributed by atoms with E-state index in [2.05, 4.69) is 53.6 Å². The summed E-state index contributed by atoms with van der Waals surface area (Å²) in [7, 11) is -1.09. The van der Waals surface area contributed by atoms with Crippen LogP contribution in [0.1, 0.15) is 74.4 Å². The van der Waals surface area contributed by atoms with E-state index in [9.17, 15) is 9.00 Å². The highest BCUT2D eigenvalue weighted by molar-refractivity contribution is 7.99. The van der Waals surface area contributed by atoms with E-state index in [1.807, 2.05) is 32.2 Å². The number of halogens is 1. The van der Waals surface area contributed by atoms with Gasteiger partial charge in [0.2, 0.25) is 0 Å². The summed E-state index contributed by atoms with van der Waals surface area (Å²) < 4.78 is 29.4. The number of carbonyl (C=O) groups excluding carboxylic acids is 1. The smallest absolute Gasteiger partial charge is 0.262 e. The highest BCUT2D eigenvalue weighted by atomic mass is 35.5. The minimum Gasteiger partial charge on any atom is -0.490 e. The summed E-state index contributed by atoms with van der Waals surface area (Å²) in [6.45, 7) is 8.35. The highest BCUT2D eigenvalue weighted by Gasteiger charge is 2.47. The fourth-order valence-corrected chi connectivity index (χ4v) is 9.49. The molecule has 6 rings (SSSR count). The van der Waals surface area contributed by atoms with Gasteiger partial charge in [0.05, 0.1) is 27.6 Å². The van der Waals surface area contributed by atoms with E-state index in [0.717, 1.165) is 68.1 Å². The average molecular weight is 625 g/mol. The molecule has 2 aromatic carbocycles. The van der Waals surface area contributed by atoms with Gasteiger partial charge in [-0.2, -0.15) is 0 Å². The van der Waals surface area contributed by atoms with Crippen LogP contribution in [0.25, 0.3) is 0 Å². The molecule has 2 aliphatic carbocycles. The minimum absolute atomic E-state index is 0.0631. The van der Waals surface area contributed by atoms with Crippen LogP contribution < -0.4 is 14.4 Å². The Morgan fingerprint density at radius 3 is 2.74 bits per heavy atom. The first kappa shape index (κ1) is 30.5. The number of benzene rings is 2. The van der Waals surface area contributed by atoms with Crippen molar-refractivity contribution in [1.82, 2.24) is 4.72 Å². The van der Waals surface area contributed by atoms with E-state index in [1.54, 1.807) is 6.07 Å². The molecule has 4 aliphatic rings. The number of anilines is 1. The maximum absolute atomic E-state index is 13.7.